The summed E-state index contributed by atoms with van der Waals surface area (Å²) in [6, 6.07) is 8.48. The second kappa shape index (κ2) is 4.19. The SMILES string of the molecule is OC1c2ccccc2C[C@@H]1NCC1CCC1. The molecule has 3 rings (SSSR count). The normalized spacial score (nSPS) is 28.8. The number of benzene rings is 1. The predicted molar refractivity (Wildman–Crippen MR) is 64.2 cm³/mol. The molecule has 0 saturated heterocycles. The summed E-state index contributed by atoms with van der Waals surface area (Å²) in [4.78, 5) is 0. The summed E-state index contributed by atoms with van der Waals surface area (Å²) >= 11 is 0. The van der Waals surface area contributed by atoms with Crippen LogP contribution in [0.15, 0.2) is 24.3 Å². The highest BCUT2D eigenvalue weighted by molar-refractivity contribution is 5.35. The molecule has 0 radical (unpaired) electrons. The van der Waals surface area contributed by atoms with Crippen molar-refractivity contribution in [3.05, 3.63) is 35.4 Å². The van der Waals surface area contributed by atoms with Crippen molar-refractivity contribution in [2.75, 3.05) is 6.54 Å². The molecule has 1 fully saturated rings. The molecule has 1 saturated carbocycles. The molecule has 1 aromatic carbocycles. The van der Waals surface area contributed by atoms with E-state index < -0.39 is 0 Å². The lowest BCUT2D eigenvalue weighted by Crippen LogP contribution is -2.38. The van der Waals surface area contributed by atoms with E-state index in [-0.39, 0.29) is 12.1 Å². The van der Waals surface area contributed by atoms with Crippen molar-refractivity contribution in [2.24, 2.45) is 5.92 Å². The fourth-order valence-corrected chi connectivity index (χ4v) is 2.77. The number of aliphatic hydroxyl groups is 1. The van der Waals surface area contributed by atoms with Gasteiger partial charge >= 0.3 is 0 Å². The molecule has 0 amide bonds. The van der Waals surface area contributed by atoms with Crippen LogP contribution in [0.25, 0.3) is 0 Å². The van der Waals surface area contributed by atoms with E-state index in [1.807, 2.05) is 12.1 Å². The topological polar surface area (TPSA) is 32.3 Å². The van der Waals surface area contributed by atoms with E-state index >= 15 is 0 Å². The molecule has 0 aromatic heterocycles. The standard InChI is InChI=1S/C14H19NO/c16-14-12-7-2-1-6-11(12)8-13(14)15-9-10-4-3-5-10/h1-2,6-7,10,13-16H,3-5,8-9H2/t13-,14?/m0/s1. The maximum atomic E-state index is 10.2. The van der Waals surface area contributed by atoms with Gasteiger partial charge in [0.05, 0.1) is 6.10 Å². The van der Waals surface area contributed by atoms with Crippen LogP contribution in [0.3, 0.4) is 0 Å². The van der Waals surface area contributed by atoms with Gasteiger partial charge in [-0.2, -0.15) is 0 Å². The van der Waals surface area contributed by atoms with Gasteiger partial charge in [0.15, 0.2) is 0 Å². The van der Waals surface area contributed by atoms with E-state index in [1.165, 1.54) is 24.8 Å². The van der Waals surface area contributed by atoms with Gasteiger partial charge in [-0.3, -0.25) is 0 Å². The molecule has 2 nitrogen and oxygen atoms in total. The van der Waals surface area contributed by atoms with Crippen molar-refractivity contribution in [3.63, 3.8) is 0 Å². The molecule has 0 heterocycles. The summed E-state index contributed by atoms with van der Waals surface area (Å²) in [6.07, 6.45) is 4.78. The van der Waals surface area contributed by atoms with Crippen LogP contribution in [-0.4, -0.2) is 17.7 Å². The first-order valence-corrected chi connectivity index (χ1v) is 6.34. The number of aliphatic hydroxyl groups excluding tert-OH is 1. The van der Waals surface area contributed by atoms with Crippen LogP contribution in [0.4, 0.5) is 0 Å². The average Bonchev–Trinajstić information content (AvgIpc) is 2.55. The third-order valence-electron chi connectivity index (χ3n) is 4.09. The molecule has 2 N–H and O–H groups in total. The zero-order chi connectivity index (χ0) is 11.0. The number of fused-ring (bicyclic) bond motifs is 1. The van der Waals surface area contributed by atoms with Crippen LogP contribution >= 0.6 is 0 Å². The van der Waals surface area contributed by atoms with E-state index in [2.05, 4.69) is 17.4 Å². The molecule has 0 spiro atoms. The van der Waals surface area contributed by atoms with Gasteiger partial charge < -0.3 is 10.4 Å². The Morgan fingerprint density at radius 2 is 2.06 bits per heavy atom. The Morgan fingerprint density at radius 3 is 2.75 bits per heavy atom. The van der Waals surface area contributed by atoms with Crippen molar-refractivity contribution in [1.29, 1.82) is 0 Å². The minimum absolute atomic E-state index is 0.234. The van der Waals surface area contributed by atoms with Crippen LogP contribution in [0.1, 0.15) is 36.5 Å². The second-order valence-corrected chi connectivity index (χ2v) is 5.16. The lowest BCUT2D eigenvalue weighted by Gasteiger charge is -2.28. The van der Waals surface area contributed by atoms with Crippen molar-refractivity contribution in [3.8, 4) is 0 Å². The zero-order valence-electron chi connectivity index (χ0n) is 9.52. The van der Waals surface area contributed by atoms with Gasteiger partial charge in [0.25, 0.3) is 0 Å². The van der Waals surface area contributed by atoms with Gasteiger partial charge in [0, 0.05) is 6.04 Å². The molecule has 2 aliphatic carbocycles. The average molecular weight is 217 g/mol. The fourth-order valence-electron chi connectivity index (χ4n) is 2.77. The first kappa shape index (κ1) is 10.3. The summed E-state index contributed by atoms with van der Waals surface area (Å²) in [5, 5.41) is 13.7. The number of nitrogens with one attached hydrogen (secondary N) is 1. The van der Waals surface area contributed by atoms with Crippen molar-refractivity contribution < 1.29 is 5.11 Å². The number of hydrogen-bond acceptors (Lipinski definition) is 2. The van der Waals surface area contributed by atoms with E-state index in [4.69, 9.17) is 0 Å². The van der Waals surface area contributed by atoms with Gasteiger partial charge in [-0.25, -0.2) is 0 Å². The Bertz CT molecular complexity index is 373. The molecule has 2 atom stereocenters. The first-order chi connectivity index (χ1) is 7.84. The van der Waals surface area contributed by atoms with Crippen molar-refractivity contribution in [1.82, 2.24) is 5.32 Å². The van der Waals surface area contributed by atoms with Crippen LogP contribution in [0, 0.1) is 5.92 Å². The molecule has 16 heavy (non-hydrogen) atoms. The lowest BCUT2D eigenvalue weighted by molar-refractivity contribution is 0.134. The number of rotatable bonds is 3. The maximum absolute atomic E-state index is 10.2. The Labute approximate surface area is 96.7 Å². The first-order valence-electron chi connectivity index (χ1n) is 6.34. The number of hydrogen-bond donors (Lipinski definition) is 2. The third-order valence-corrected chi connectivity index (χ3v) is 4.09. The molecular weight excluding hydrogens is 198 g/mol. The van der Waals surface area contributed by atoms with Crippen LogP contribution < -0.4 is 5.32 Å². The monoisotopic (exact) mass is 217 g/mol. The van der Waals surface area contributed by atoms with E-state index in [0.717, 1.165) is 24.4 Å². The molecule has 0 bridgehead atoms. The smallest absolute Gasteiger partial charge is 0.0948 e. The molecule has 86 valence electrons. The molecular formula is C14H19NO. The van der Waals surface area contributed by atoms with Gasteiger partial charge in [-0.05, 0) is 42.9 Å². The molecule has 1 aromatic rings. The van der Waals surface area contributed by atoms with Gasteiger partial charge in [0.1, 0.15) is 0 Å². The molecule has 1 unspecified atom stereocenters. The van der Waals surface area contributed by atoms with E-state index in [9.17, 15) is 5.11 Å². The van der Waals surface area contributed by atoms with Crippen LogP contribution in [-0.2, 0) is 6.42 Å². The van der Waals surface area contributed by atoms with Gasteiger partial charge in [0.2, 0.25) is 0 Å². The van der Waals surface area contributed by atoms with Gasteiger partial charge in [-0.1, -0.05) is 30.7 Å². The summed E-state index contributed by atoms with van der Waals surface area (Å²) in [5.41, 5.74) is 2.43. The molecule has 2 aliphatic rings. The highest BCUT2D eigenvalue weighted by Crippen LogP contribution is 2.32. The summed E-state index contributed by atoms with van der Waals surface area (Å²) in [7, 11) is 0. The maximum Gasteiger partial charge on any atom is 0.0948 e. The molecule has 0 aliphatic heterocycles. The quantitative estimate of drug-likeness (QED) is 0.812. The highest BCUT2D eigenvalue weighted by Gasteiger charge is 2.31. The lowest BCUT2D eigenvalue weighted by atomic mass is 9.85. The minimum atomic E-state index is -0.309. The van der Waals surface area contributed by atoms with Crippen molar-refractivity contribution in [2.45, 2.75) is 37.8 Å². The zero-order valence-corrected chi connectivity index (χ0v) is 9.52. The minimum Gasteiger partial charge on any atom is -0.387 e. The Hall–Kier alpha value is -0.860. The van der Waals surface area contributed by atoms with Gasteiger partial charge in [-0.15, -0.1) is 0 Å². The van der Waals surface area contributed by atoms with Crippen molar-refractivity contribution >= 4 is 0 Å². The summed E-state index contributed by atoms with van der Waals surface area (Å²) < 4.78 is 0. The largest absolute Gasteiger partial charge is 0.387 e. The van der Waals surface area contributed by atoms with Crippen LogP contribution in [0.2, 0.25) is 0 Å². The Balaban J connectivity index is 1.62. The predicted octanol–water partition coefficient (Wildman–Crippen LogP) is 2.03. The molecule has 2 heteroatoms. The fraction of sp³-hybridized carbons (Fsp3) is 0.571. The Morgan fingerprint density at radius 1 is 1.25 bits per heavy atom. The van der Waals surface area contributed by atoms with E-state index in [0.29, 0.717) is 0 Å². The summed E-state index contributed by atoms with van der Waals surface area (Å²) in [5.74, 6) is 0.857. The van der Waals surface area contributed by atoms with E-state index in [1.54, 1.807) is 0 Å². The highest BCUT2D eigenvalue weighted by atomic mass is 16.3. The van der Waals surface area contributed by atoms with Crippen LogP contribution in [0.5, 0.6) is 0 Å². The third kappa shape index (κ3) is 1.76. The summed E-state index contributed by atoms with van der Waals surface area (Å²) in [6.45, 7) is 1.08. The second-order valence-electron chi connectivity index (χ2n) is 5.16. The Kier molecular flexibility index (Phi) is 2.70.